The topological polar surface area (TPSA) is 145 Å². The number of rotatable bonds is 5. The van der Waals surface area contributed by atoms with E-state index < -0.39 is 17.5 Å². The molecule has 3 heterocycles. The maximum atomic E-state index is 12.9. The van der Waals surface area contributed by atoms with E-state index in [2.05, 4.69) is 25.6 Å². The van der Waals surface area contributed by atoms with Gasteiger partial charge in [-0.2, -0.15) is 13.2 Å². The first-order chi connectivity index (χ1) is 16.2. The van der Waals surface area contributed by atoms with Crippen molar-refractivity contribution in [2.24, 2.45) is 0 Å². The van der Waals surface area contributed by atoms with Crippen molar-refractivity contribution in [3.8, 4) is 17.0 Å². The highest BCUT2D eigenvalue weighted by Gasteiger charge is 2.32. The van der Waals surface area contributed by atoms with Gasteiger partial charge < -0.3 is 25.2 Å². The van der Waals surface area contributed by atoms with E-state index in [4.69, 9.17) is 14.4 Å². The Morgan fingerprint density at radius 1 is 1.32 bits per heavy atom. The first-order valence-electron chi connectivity index (χ1n) is 10.4. The van der Waals surface area contributed by atoms with Gasteiger partial charge in [0.1, 0.15) is 11.4 Å². The Bertz CT molecular complexity index is 1140. The molecule has 1 saturated heterocycles. The fraction of sp³-hybridized carbons (Fsp3) is 0.429. The lowest BCUT2D eigenvalue weighted by Gasteiger charge is -2.32. The van der Waals surface area contributed by atoms with E-state index in [9.17, 15) is 23.4 Å². The third kappa shape index (κ3) is 5.54. The molecule has 4 rings (SSSR count). The number of hydrogen-bond donors (Lipinski definition) is 4. The predicted molar refractivity (Wildman–Crippen MR) is 115 cm³/mol. The van der Waals surface area contributed by atoms with Gasteiger partial charge in [0.25, 0.3) is 6.47 Å². The van der Waals surface area contributed by atoms with E-state index in [1.165, 1.54) is 0 Å². The fourth-order valence-corrected chi connectivity index (χ4v) is 3.90. The van der Waals surface area contributed by atoms with Gasteiger partial charge in [0, 0.05) is 24.7 Å². The largest absolute Gasteiger partial charge is 0.507 e. The number of benzene rings is 1. The second-order valence-electron chi connectivity index (χ2n) is 7.71. The molecule has 0 saturated carbocycles. The molecule has 1 aliphatic heterocycles. The lowest BCUT2D eigenvalue weighted by molar-refractivity contribution is -0.137. The van der Waals surface area contributed by atoms with Crippen LogP contribution >= 0.6 is 0 Å². The van der Waals surface area contributed by atoms with Crippen molar-refractivity contribution in [1.82, 2.24) is 20.3 Å². The summed E-state index contributed by atoms with van der Waals surface area (Å²) in [6, 6.07) is 2.74. The summed E-state index contributed by atoms with van der Waals surface area (Å²) >= 11 is 0. The van der Waals surface area contributed by atoms with Crippen molar-refractivity contribution in [1.29, 1.82) is 0 Å². The number of aromatic nitrogens is 3. The molecule has 3 aromatic rings. The number of aryl methyl sites for hydroxylation is 1. The monoisotopic (exact) mass is 483 g/mol. The van der Waals surface area contributed by atoms with Crippen molar-refractivity contribution in [2.45, 2.75) is 32.0 Å². The molecule has 0 radical (unpaired) electrons. The molecule has 34 heavy (non-hydrogen) atoms. The Labute approximate surface area is 192 Å². The fourth-order valence-electron chi connectivity index (χ4n) is 3.90. The predicted octanol–water partition coefficient (Wildman–Crippen LogP) is 2.89. The summed E-state index contributed by atoms with van der Waals surface area (Å²) in [4.78, 5) is 10.5. The first kappa shape index (κ1) is 25.2. The van der Waals surface area contributed by atoms with Crippen LogP contribution in [0.2, 0.25) is 0 Å². The van der Waals surface area contributed by atoms with E-state index in [1.807, 2.05) is 0 Å². The molecule has 1 aliphatic rings. The number of likely N-dealkylation sites (tertiary alicyclic amines) is 1. The molecule has 0 bridgehead atoms. The molecule has 13 heteroatoms. The number of nitrogens with one attached hydrogen (secondary N) is 1. The third-order valence-corrected chi connectivity index (χ3v) is 5.41. The summed E-state index contributed by atoms with van der Waals surface area (Å²) in [6.45, 7) is 3.81. The van der Waals surface area contributed by atoms with Crippen LogP contribution in [0, 0.1) is 6.92 Å². The van der Waals surface area contributed by atoms with Gasteiger partial charge in [-0.3, -0.25) is 9.69 Å². The molecule has 0 unspecified atom stereocenters. The first-order valence-corrected chi connectivity index (χ1v) is 10.4. The zero-order valence-electron chi connectivity index (χ0n) is 18.2. The third-order valence-electron chi connectivity index (χ3n) is 5.41. The summed E-state index contributed by atoms with van der Waals surface area (Å²) in [6.07, 6.45) is -2.69. The average Bonchev–Trinajstić information content (AvgIpc) is 3.17. The van der Waals surface area contributed by atoms with Crippen molar-refractivity contribution in [3.63, 3.8) is 0 Å². The smallest absolute Gasteiger partial charge is 0.416 e. The number of aliphatic hydroxyl groups is 1. The highest BCUT2D eigenvalue weighted by molar-refractivity contribution is 5.98. The van der Waals surface area contributed by atoms with Gasteiger partial charge in [-0.05, 0) is 44.5 Å². The normalized spacial score (nSPS) is 16.7. The Morgan fingerprint density at radius 3 is 2.71 bits per heavy atom. The van der Waals surface area contributed by atoms with Crippen molar-refractivity contribution >= 4 is 23.3 Å². The molecule has 0 amide bonds. The van der Waals surface area contributed by atoms with E-state index >= 15 is 0 Å². The van der Waals surface area contributed by atoms with Crippen LogP contribution in [-0.2, 0) is 11.0 Å². The summed E-state index contributed by atoms with van der Waals surface area (Å²) in [5.41, 5.74) is -0.0104. The maximum Gasteiger partial charge on any atom is 0.416 e. The Kier molecular flexibility index (Phi) is 7.89. The second-order valence-corrected chi connectivity index (χ2v) is 7.71. The molecule has 0 spiro atoms. The minimum absolute atomic E-state index is 0.0694. The highest BCUT2D eigenvalue weighted by atomic mass is 19.4. The van der Waals surface area contributed by atoms with Gasteiger partial charge in [0.2, 0.25) is 0 Å². The number of halogens is 3. The SMILES string of the molecule is Cc1noc2c(-c3ccc(C(F)(F)F)cc3O)nnc(N[C@@H]3CCCN(CCO)C3)c12.O=CO. The number of fused-ring (bicyclic) bond motifs is 1. The van der Waals surface area contributed by atoms with Crippen LogP contribution in [0.5, 0.6) is 5.75 Å². The van der Waals surface area contributed by atoms with Crippen molar-refractivity contribution < 1.29 is 37.8 Å². The number of carbonyl (C=O) groups is 1. The number of anilines is 1. The van der Waals surface area contributed by atoms with Crippen molar-refractivity contribution in [2.75, 3.05) is 31.6 Å². The summed E-state index contributed by atoms with van der Waals surface area (Å²) in [5.74, 6) is -0.119. The average molecular weight is 483 g/mol. The van der Waals surface area contributed by atoms with Gasteiger partial charge in [0.05, 0.1) is 23.3 Å². The van der Waals surface area contributed by atoms with Gasteiger partial charge in [-0.1, -0.05) is 5.16 Å². The molecule has 1 atom stereocenters. The summed E-state index contributed by atoms with van der Waals surface area (Å²) in [7, 11) is 0. The highest BCUT2D eigenvalue weighted by Crippen LogP contribution is 2.39. The van der Waals surface area contributed by atoms with Crippen LogP contribution in [0.3, 0.4) is 0 Å². The molecule has 10 nitrogen and oxygen atoms in total. The van der Waals surface area contributed by atoms with E-state index in [0.29, 0.717) is 29.5 Å². The Hall–Kier alpha value is -3.45. The number of phenolic OH excluding ortho intramolecular Hbond substituents is 1. The van der Waals surface area contributed by atoms with Gasteiger partial charge in [-0.15, -0.1) is 10.2 Å². The molecule has 184 valence electrons. The number of aliphatic hydroxyl groups excluding tert-OH is 1. The Morgan fingerprint density at radius 2 is 2.06 bits per heavy atom. The Balaban J connectivity index is 0.00000103. The molecule has 1 fully saturated rings. The molecule has 2 aromatic heterocycles. The van der Waals surface area contributed by atoms with Crippen LogP contribution in [0.25, 0.3) is 22.2 Å². The minimum Gasteiger partial charge on any atom is -0.507 e. The lowest BCUT2D eigenvalue weighted by Crippen LogP contribution is -2.43. The van der Waals surface area contributed by atoms with E-state index in [1.54, 1.807) is 6.92 Å². The van der Waals surface area contributed by atoms with Crippen LogP contribution < -0.4 is 5.32 Å². The number of carboxylic acid groups (broad SMARTS) is 1. The van der Waals surface area contributed by atoms with Crippen LogP contribution in [0.15, 0.2) is 22.7 Å². The molecule has 1 aromatic carbocycles. The van der Waals surface area contributed by atoms with E-state index in [0.717, 1.165) is 38.1 Å². The zero-order valence-corrected chi connectivity index (χ0v) is 18.2. The van der Waals surface area contributed by atoms with Gasteiger partial charge >= 0.3 is 6.18 Å². The number of piperidine rings is 1. The second kappa shape index (κ2) is 10.7. The van der Waals surface area contributed by atoms with Crippen LogP contribution in [0.1, 0.15) is 24.1 Å². The molecule has 0 aliphatic carbocycles. The van der Waals surface area contributed by atoms with E-state index in [-0.39, 0.29) is 36.0 Å². The molecular formula is C21H24F3N5O5. The van der Waals surface area contributed by atoms with Crippen LogP contribution in [0.4, 0.5) is 19.0 Å². The lowest BCUT2D eigenvalue weighted by atomic mass is 10.0. The number of phenols is 1. The van der Waals surface area contributed by atoms with Gasteiger partial charge in [-0.25, -0.2) is 0 Å². The number of β-amino-alcohol motifs (C(OH)–C–C–N with tert-alkyl or cyclic N) is 1. The molecule has 4 N–H and O–H groups in total. The van der Waals surface area contributed by atoms with Crippen LogP contribution in [-0.4, -0.2) is 74.3 Å². The maximum absolute atomic E-state index is 12.9. The number of hydrogen-bond acceptors (Lipinski definition) is 9. The quantitative estimate of drug-likeness (QED) is 0.400. The summed E-state index contributed by atoms with van der Waals surface area (Å²) in [5, 5.41) is 42.5. The van der Waals surface area contributed by atoms with Gasteiger partial charge in [0.15, 0.2) is 11.4 Å². The standard InChI is InChI=1S/C20H22F3N5O3.CH2O2/c1-11-16-18(31-27-11)17(14-5-4-12(9-15(14)30)20(21,22)23)25-26-19(16)24-13-3-2-6-28(10-13)7-8-29;2-1-3/h4-5,9,13,29-30H,2-3,6-8,10H2,1H3,(H,24,26);1H,(H,2,3)/t13-;/m1./s1. The molecular weight excluding hydrogens is 459 g/mol. The number of alkyl halides is 3. The number of nitrogens with zero attached hydrogens (tertiary/aromatic N) is 4. The zero-order chi connectivity index (χ0) is 24.9. The summed E-state index contributed by atoms with van der Waals surface area (Å²) < 4.78 is 44.2. The van der Waals surface area contributed by atoms with Crippen molar-refractivity contribution in [3.05, 3.63) is 29.5 Å². The number of aromatic hydroxyl groups is 1. The minimum atomic E-state index is -4.57.